The zero-order chi connectivity index (χ0) is 23.6. The van der Waals surface area contributed by atoms with Gasteiger partial charge in [0.15, 0.2) is 0 Å². The summed E-state index contributed by atoms with van der Waals surface area (Å²) in [5.74, 6) is 0.116. The molecular formula is C25H33FN2O4S. The molecule has 0 aliphatic heterocycles. The molecule has 33 heavy (non-hydrogen) atoms. The number of aromatic nitrogens is 1. The average molecular weight is 477 g/mol. The summed E-state index contributed by atoms with van der Waals surface area (Å²) in [5.41, 5.74) is 2.47. The lowest BCUT2D eigenvalue weighted by molar-refractivity contribution is 0.00730. The second kappa shape index (κ2) is 10.1. The van der Waals surface area contributed by atoms with Crippen LogP contribution in [-0.2, 0) is 14.8 Å². The van der Waals surface area contributed by atoms with Gasteiger partial charge in [0.25, 0.3) is 5.56 Å². The van der Waals surface area contributed by atoms with Crippen LogP contribution in [0.15, 0.2) is 41.3 Å². The highest BCUT2D eigenvalue weighted by atomic mass is 32.2. The SMILES string of the molecule is Cc1cc(C)c(=O)n(C(CNS(=O)(=O)C2CC2)COC2CCC(c3cccc(F)c3)CC2)c1. The van der Waals surface area contributed by atoms with E-state index in [4.69, 9.17) is 4.74 Å². The molecule has 8 heteroatoms. The van der Waals surface area contributed by atoms with Crippen LogP contribution in [0.25, 0.3) is 0 Å². The molecule has 4 rings (SSSR count). The van der Waals surface area contributed by atoms with E-state index in [1.54, 1.807) is 29.8 Å². The molecule has 0 bridgehead atoms. The van der Waals surface area contributed by atoms with Crippen molar-refractivity contribution in [2.75, 3.05) is 13.2 Å². The third-order valence-corrected chi connectivity index (χ3v) is 8.67. The van der Waals surface area contributed by atoms with Gasteiger partial charge in [-0.2, -0.15) is 0 Å². The fraction of sp³-hybridized carbons (Fsp3) is 0.560. The molecule has 2 fully saturated rings. The van der Waals surface area contributed by atoms with Gasteiger partial charge in [-0.1, -0.05) is 12.1 Å². The van der Waals surface area contributed by atoms with Crippen molar-refractivity contribution < 1.29 is 17.5 Å². The van der Waals surface area contributed by atoms with Crippen LogP contribution in [0, 0.1) is 19.7 Å². The summed E-state index contributed by atoms with van der Waals surface area (Å²) < 4.78 is 48.9. The van der Waals surface area contributed by atoms with E-state index < -0.39 is 16.1 Å². The van der Waals surface area contributed by atoms with Crippen molar-refractivity contribution in [1.29, 1.82) is 0 Å². The summed E-state index contributed by atoms with van der Waals surface area (Å²) >= 11 is 0. The van der Waals surface area contributed by atoms with E-state index in [1.165, 1.54) is 6.07 Å². The highest BCUT2D eigenvalue weighted by Crippen LogP contribution is 2.34. The van der Waals surface area contributed by atoms with E-state index in [2.05, 4.69) is 4.72 Å². The number of nitrogens with zero attached hydrogens (tertiary/aromatic N) is 1. The Labute approximate surface area is 195 Å². The van der Waals surface area contributed by atoms with Crippen LogP contribution in [0.4, 0.5) is 4.39 Å². The molecule has 1 atom stereocenters. The first-order valence-corrected chi connectivity index (χ1v) is 13.3. The van der Waals surface area contributed by atoms with Crippen molar-refractivity contribution in [3.63, 3.8) is 0 Å². The fourth-order valence-corrected chi connectivity index (χ4v) is 6.13. The minimum absolute atomic E-state index is 0.0407. The van der Waals surface area contributed by atoms with Crippen molar-refractivity contribution in [2.24, 2.45) is 0 Å². The molecule has 2 aliphatic carbocycles. The summed E-state index contributed by atoms with van der Waals surface area (Å²) in [7, 11) is -3.36. The van der Waals surface area contributed by atoms with Crippen LogP contribution in [0.5, 0.6) is 0 Å². The summed E-state index contributed by atoms with van der Waals surface area (Å²) in [6.07, 6.45) is 6.72. The first-order valence-electron chi connectivity index (χ1n) is 11.8. The van der Waals surface area contributed by atoms with Crippen LogP contribution in [-0.4, -0.2) is 37.5 Å². The third-order valence-electron chi connectivity index (χ3n) is 6.75. The van der Waals surface area contributed by atoms with Crippen molar-refractivity contribution in [2.45, 2.75) is 75.7 Å². The molecule has 0 amide bonds. The van der Waals surface area contributed by atoms with Gasteiger partial charge in [0, 0.05) is 18.3 Å². The molecule has 1 heterocycles. The second-order valence-electron chi connectivity index (χ2n) is 9.52. The van der Waals surface area contributed by atoms with E-state index in [0.717, 1.165) is 36.8 Å². The maximum Gasteiger partial charge on any atom is 0.253 e. The summed E-state index contributed by atoms with van der Waals surface area (Å²) in [6, 6.07) is 8.21. The van der Waals surface area contributed by atoms with Crippen LogP contribution >= 0.6 is 0 Å². The molecular weight excluding hydrogens is 443 g/mol. The largest absolute Gasteiger partial charge is 0.376 e. The maximum absolute atomic E-state index is 13.6. The van der Waals surface area contributed by atoms with Gasteiger partial charge in [-0.3, -0.25) is 4.79 Å². The van der Waals surface area contributed by atoms with Gasteiger partial charge < -0.3 is 9.30 Å². The number of halogens is 1. The monoisotopic (exact) mass is 476 g/mol. The Kier molecular flexibility index (Phi) is 7.36. The average Bonchev–Trinajstić information content (AvgIpc) is 3.63. The number of nitrogens with one attached hydrogen (secondary N) is 1. The molecule has 2 aromatic rings. The second-order valence-corrected chi connectivity index (χ2v) is 11.6. The van der Waals surface area contributed by atoms with Crippen LogP contribution in [0.3, 0.4) is 0 Å². The van der Waals surface area contributed by atoms with Gasteiger partial charge >= 0.3 is 0 Å². The molecule has 1 aromatic heterocycles. The van der Waals surface area contributed by atoms with E-state index >= 15 is 0 Å². The van der Waals surface area contributed by atoms with Crippen molar-refractivity contribution in [1.82, 2.24) is 9.29 Å². The summed E-state index contributed by atoms with van der Waals surface area (Å²) in [5, 5.41) is -0.312. The van der Waals surface area contributed by atoms with Gasteiger partial charge in [-0.05, 0) is 87.6 Å². The Morgan fingerprint density at radius 2 is 1.85 bits per heavy atom. The standard InChI is InChI=1S/C25H33FN2O4S/c1-17-12-18(2)25(29)28(15-17)22(14-27-33(30,31)24-10-11-24)16-32-23-8-6-19(7-9-23)20-4-3-5-21(26)13-20/h3-5,12-13,15,19,22-24,27H,6-11,14,16H2,1-2H3. The molecule has 6 nitrogen and oxygen atoms in total. The maximum atomic E-state index is 13.6. The topological polar surface area (TPSA) is 77.4 Å². The number of sulfonamides is 1. The number of rotatable bonds is 9. The molecule has 1 unspecified atom stereocenters. The Morgan fingerprint density at radius 3 is 2.52 bits per heavy atom. The Bertz CT molecular complexity index is 1140. The van der Waals surface area contributed by atoms with Crippen LogP contribution in [0.1, 0.15) is 67.2 Å². The zero-order valence-electron chi connectivity index (χ0n) is 19.3. The molecule has 1 N–H and O–H groups in total. The van der Waals surface area contributed by atoms with Crippen LogP contribution < -0.4 is 10.3 Å². The first-order chi connectivity index (χ1) is 15.7. The molecule has 2 aliphatic rings. The summed E-state index contributed by atoms with van der Waals surface area (Å²) in [4.78, 5) is 12.8. The van der Waals surface area contributed by atoms with Gasteiger partial charge in [0.2, 0.25) is 10.0 Å². The lowest BCUT2D eigenvalue weighted by Gasteiger charge is -2.30. The molecule has 180 valence electrons. The van der Waals surface area contributed by atoms with Crippen molar-refractivity contribution >= 4 is 10.0 Å². The van der Waals surface area contributed by atoms with E-state index in [-0.39, 0.29) is 35.9 Å². The third kappa shape index (κ3) is 6.11. The summed E-state index contributed by atoms with van der Waals surface area (Å²) in [6.45, 7) is 4.07. The quantitative estimate of drug-likeness (QED) is 0.594. The van der Waals surface area contributed by atoms with Gasteiger partial charge in [0.1, 0.15) is 5.82 Å². The van der Waals surface area contributed by atoms with Gasteiger partial charge in [-0.25, -0.2) is 17.5 Å². The van der Waals surface area contributed by atoms with Crippen LogP contribution in [0.2, 0.25) is 0 Å². The predicted molar refractivity (Wildman–Crippen MR) is 127 cm³/mol. The Morgan fingerprint density at radius 1 is 1.12 bits per heavy atom. The number of hydrogen-bond donors (Lipinski definition) is 1. The predicted octanol–water partition coefficient (Wildman–Crippen LogP) is 3.97. The number of benzene rings is 1. The normalized spacial score (nSPS) is 22.3. The van der Waals surface area contributed by atoms with Gasteiger partial charge in [-0.15, -0.1) is 0 Å². The highest BCUT2D eigenvalue weighted by molar-refractivity contribution is 7.90. The van der Waals surface area contributed by atoms with Gasteiger partial charge in [0.05, 0.1) is 24.0 Å². The molecule has 2 saturated carbocycles. The van der Waals surface area contributed by atoms with E-state index in [1.807, 2.05) is 19.1 Å². The zero-order valence-corrected chi connectivity index (χ0v) is 20.1. The van der Waals surface area contributed by atoms with Crippen molar-refractivity contribution in [3.8, 4) is 0 Å². The smallest absolute Gasteiger partial charge is 0.253 e. The lowest BCUT2D eigenvalue weighted by atomic mass is 9.83. The molecule has 0 spiro atoms. The first kappa shape index (κ1) is 24.1. The Hall–Kier alpha value is -2.03. The minimum Gasteiger partial charge on any atom is -0.376 e. The number of pyridine rings is 1. The number of hydrogen-bond acceptors (Lipinski definition) is 4. The molecule has 1 aromatic carbocycles. The minimum atomic E-state index is -3.36. The van der Waals surface area contributed by atoms with E-state index in [0.29, 0.717) is 24.3 Å². The van der Waals surface area contributed by atoms with E-state index in [9.17, 15) is 17.6 Å². The Balaban J connectivity index is 1.41. The van der Waals surface area contributed by atoms with Crippen molar-refractivity contribution in [3.05, 3.63) is 69.4 Å². The molecule has 0 radical (unpaired) electrons. The number of ether oxygens (including phenoxy) is 1. The fourth-order valence-electron chi connectivity index (χ4n) is 4.71. The highest BCUT2D eigenvalue weighted by Gasteiger charge is 2.36. The lowest BCUT2D eigenvalue weighted by Crippen LogP contribution is -2.39. The number of aryl methyl sites for hydroxylation is 2. The molecule has 0 saturated heterocycles.